The van der Waals surface area contributed by atoms with Crippen molar-refractivity contribution in [2.45, 2.75) is 83.4 Å². The van der Waals surface area contributed by atoms with Crippen molar-refractivity contribution in [1.29, 1.82) is 0 Å². The summed E-state index contributed by atoms with van der Waals surface area (Å²) < 4.78 is 119. The highest BCUT2D eigenvalue weighted by molar-refractivity contribution is 5.07. The van der Waals surface area contributed by atoms with E-state index in [4.69, 9.17) is 0 Å². The van der Waals surface area contributed by atoms with E-state index in [-0.39, 0.29) is 25.2 Å². The lowest BCUT2D eigenvalue weighted by atomic mass is 9.60. The van der Waals surface area contributed by atoms with Crippen LogP contribution in [-0.4, -0.2) is 29.2 Å². The highest BCUT2D eigenvalue weighted by Gasteiger charge is 2.72. The molecule has 2 aliphatic carbocycles. The predicted molar refractivity (Wildman–Crippen MR) is 83.2 cm³/mol. The van der Waals surface area contributed by atoms with E-state index in [9.17, 15) is 44.6 Å². The molecular weight excluding hydrogens is 403 g/mol. The third kappa shape index (κ3) is 3.74. The summed E-state index contributed by atoms with van der Waals surface area (Å²) in [5, 5.41) is 9.52. The van der Waals surface area contributed by atoms with Crippen molar-refractivity contribution >= 4 is 0 Å². The molecule has 0 aromatic heterocycles. The van der Waals surface area contributed by atoms with E-state index in [2.05, 4.69) is 0 Å². The number of fused-ring (bicyclic) bond motifs is 2. The molecule has 28 heavy (non-hydrogen) atoms. The van der Waals surface area contributed by atoms with Gasteiger partial charge in [0.15, 0.2) is 0 Å². The minimum absolute atomic E-state index is 0.0591. The van der Waals surface area contributed by atoms with Crippen LogP contribution in [0.5, 0.6) is 0 Å². The van der Waals surface area contributed by atoms with Gasteiger partial charge in [-0.05, 0) is 61.7 Å². The number of hydrogen-bond acceptors (Lipinski definition) is 1. The summed E-state index contributed by atoms with van der Waals surface area (Å²) in [6.07, 6.45) is -17.8. The molecule has 0 amide bonds. The van der Waals surface area contributed by atoms with Crippen LogP contribution in [0.4, 0.5) is 39.5 Å². The lowest BCUT2D eigenvalue weighted by Gasteiger charge is -2.46. The van der Waals surface area contributed by atoms with Crippen LogP contribution in [0.2, 0.25) is 0 Å². The summed E-state index contributed by atoms with van der Waals surface area (Å²) in [6.45, 7) is 3.94. The van der Waals surface area contributed by atoms with Crippen LogP contribution >= 0.6 is 0 Å². The Morgan fingerprint density at radius 1 is 0.893 bits per heavy atom. The smallest absolute Gasteiger partial charge is 0.374 e. The van der Waals surface area contributed by atoms with Crippen LogP contribution < -0.4 is 0 Å². The van der Waals surface area contributed by atoms with Crippen molar-refractivity contribution in [2.75, 3.05) is 0 Å². The quantitative estimate of drug-likeness (QED) is 0.486. The van der Waals surface area contributed by atoms with Gasteiger partial charge in [0.1, 0.15) is 0 Å². The molecule has 166 valence electrons. The highest BCUT2D eigenvalue weighted by Crippen LogP contribution is 2.66. The largest absolute Gasteiger partial charge is 0.426 e. The van der Waals surface area contributed by atoms with E-state index in [1.165, 1.54) is 13.8 Å². The standard InChI is InChI=1S/C18H25F9O/c1-4-14(3,16(19,20)21)9-13(2)7-10-5-11(12(13)6-10)8-15(28,17(22,23)24)18(25,26)27/h10-12,28H,4-9H2,1-3H3. The van der Waals surface area contributed by atoms with Gasteiger partial charge in [-0.15, -0.1) is 0 Å². The Morgan fingerprint density at radius 3 is 1.75 bits per heavy atom. The third-order valence-corrected chi connectivity index (χ3v) is 7.20. The van der Waals surface area contributed by atoms with E-state index >= 15 is 0 Å². The maximum Gasteiger partial charge on any atom is 0.426 e. The summed E-state index contributed by atoms with van der Waals surface area (Å²) in [5.41, 5.74) is -7.94. The molecule has 0 saturated heterocycles. The van der Waals surface area contributed by atoms with Gasteiger partial charge in [0.25, 0.3) is 5.60 Å². The number of rotatable bonds is 5. The summed E-state index contributed by atoms with van der Waals surface area (Å²) in [7, 11) is 0. The van der Waals surface area contributed by atoms with Crippen LogP contribution in [0.25, 0.3) is 0 Å². The summed E-state index contributed by atoms with van der Waals surface area (Å²) >= 11 is 0. The minimum Gasteiger partial charge on any atom is -0.374 e. The van der Waals surface area contributed by atoms with Crippen molar-refractivity contribution in [3.05, 3.63) is 0 Å². The molecule has 1 nitrogen and oxygen atoms in total. The molecule has 5 atom stereocenters. The molecule has 2 aliphatic rings. The number of hydrogen-bond donors (Lipinski definition) is 1. The van der Waals surface area contributed by atoms with Crippen LogP contribution in [0.3, 0.4) is 0 Å². The molecule has 10 heteroatoms. The molecule has 2 bridgehead atoms. The fourth-order valence-electron chi connectivity index (χ4n) is 5.59. The lowest BCUT2D eigenvalue weighted by Crippen LogP contribution is -2.58. The van der Waals surface area contributed by atoms with Crippen molar-refractivity contribution in [1.82, 2.24) is 0 Å². The van der Waals surface area contributed by atoms with Gasteiger partial charge in [0.05, 0.1) is 5.41 Å². The zero-order valence-corrected chi connectivity index (χ0v) is 15.8. The van der Waals surface area contributed by atoms with Crippen molar-refractivity contribution in [3.8, 4) is 0 Å². The maximum atomic E-state index is 13.5. The molecule has 2 rings (SSSR count). The predicted octanol–water partition coefficient (Wildman–Crippen LogP) is 6.65. The van der Waals surface area contributed by atoms with E-state index in [1.807, 2.05) is 0 Å². The van der Waals surface area contributed by atoms with Gasteiger partial charge >= 0.3 is 18.5 Å². The molecule has 0 aliphatic heterocycles. The van der Waals surface area contributed by atoms with Crippen LogP contribution in [0, 0.1) is 28.6 Å². The Morgan fingerprint density at radius 2 is 1.39 bits per heavy atom. The number of halogens is 9. The topological polar surface area (TPSA) is 20.2 Å². The average molecular weight is 428 g/mol. The maximum absolute atomic E-state index is 13.5. The Labute approximate surface area is 157 Å². The third-order valence-electron chi connectivity index (χ3n) is 7.20. The molecule has 2 saturated carbocycles. The van der Waals surface area contributed by atoms with Gasteiger partial charge < -0.3 is 5.11 Å². The van der Waals surface area contributed by atoms with Gasteiger partial charge in [0, 0.05) is 0 Å². The Balaban J connectivity index is 2.30. The van der Waals surface area contributed by atoms with E-state index in [0.717, 1.165) is 6.92 Å². The fraction of sp³-hybridized carbons (Fsp3) is 1.00. The first kappa shape index (κ1) is 23.6. The SMILES string of the molecule is CCC(C)(CC1(C)CC2CC(CC(O)(C(F)(F)F)C(F)(F)F)C1C2)C(F)(F)F. The van der Waals surface area contributed by atoms with Crippen molar-refractivity contribution in [2.24, 2.45) is 28.6 Å². The minimum atomic E-state index is -5.91. The molecule has 1 N–H and O–H groups in total. The molecule has 0 heterocycles. The molecular formula is C18H25F9O. The second-order valence-electron chi connectivity index (χ2n) is 9.21. The van der Waals surface area contributed by atoms with E-state index in [1.54, 1.807) is 0 Å². The summed E-state index contributed by atoms with van der Waals surface area (Å²) in [5.74, 6) is -2.08. The molecule has 2 fully saturated rings. The number of alkyl halides is 9. The van der Waals surface area contributed by atoms with Crippen LogP contribution in [0.15, 0.2) is 0 Å². The fourth-order valence-corrected chi connectivity index (χ4v) is 5.59. The molecule has 5 unspecified atom stereocenters. The molecule has 0 aromatic carbocycles. The molecule has 0 spiro atoms. The zero-order chi connectivity index (χ0) is 22.0. The van der Waals surface area contributed by atoms with Gasteiger partial charge in [0.2, 0.25) is 0 Å². The van der Waals surface area contributed by atoms with Crippen LogP contribution in [-0.2, 0) is 0 Å². The van der Waals surface area contributed by atoms with Crippen molar-refractivity contribution < 1.29 is 44.6 Å². The second-order valence-corrected chi connectivity index (χ2v) is 9.21. The van der Waals surface area contributed by atoms with Crippen LogP contribution in [0.1, 0.15) is 59.3 Å². The summed E-state index contributed by atoms with van der Waals surface area (Å²) in [6, 6.07) is 0. The van der Waals surface area contributed by atoms with Crippen molar-refractivity contribution in [3.63, 3.8) is 0 Å². The Kier molecular flexibility index (Phi) is 5.62. The highest BCUT2D eigenvalue weighted by atomic mass is 19.4. The van der Waals surface area contributed by atoms with Gasteiger partial charge in [-0.3, -0.25) is 0 Å². The lowest BCUT2D eigenvalue weighted by molar-refractivity contribution is -0.373. The first-order chi connectivity index (χ1) is 12.3. The average Bonchev–Trinajstić information content (AvgIpc) is 2.99. The summed E-state index contributed by atoms with van der Waals surface area (Å²) in [4.78, 5) is 0. The first-order valence-electron chi connectivity index (χ1n) is 9.22. The molecule has 0 aromatic rings. The first-order valence-corrected chi connectivity index (χ1v) is 9.22. The Bertz CT molecular complexity index is 565. The van der Waals surface area contributed by atoms with E-state index in [0.29, 0.717) is 12.8 Å². The monoisotopic (exact) mass is 428 g/mol. The number of aliphatic hydroxyl groups is 1. The normalized spacial score (nSPS) is 34.0. The zero-order valence-electron chi connectivity index (χ0n) is 15.8. The van der Waals surface area contributed by atoms with Gasteiger partial charge in [-0.25, -0.2) is 0 Å². The van der Waals surface area contributed by atoms with Gasteiger partial charge in [-0.1, -0.05) is 20.8 Å². The van der Waals surface area contributed by atoms with E-state index < -0.39 is 53.2 Å². The molecule has 0 radical (unpaired) electrons. The van der Waals surface area contributed by atoms with Gasteiger partial charge in [-0.2, -0.15) is 39.5 Å². The Hall–Kier alpha value is -0.670. The second kappa shape index (κ2) is 6.67.